The van der Waals surface area contributed by atoms with Crippen molar-refractivity contribution in [2.75, 3.05) is 40.1 Å². The fourth-order valence-electron chi connectivity index (χ4n) is 5.04. The Morgan fingerprint density at radius 3 is 2.04 bits per heavy atom. The van der Waals surface area contributed by atoms with Gasteiger partial charge in [0.05, 0.1) is 31.8 Å². The summed E-state index contributed by atoms with van der Waals surface area (Å²) in [5.41, 5.74) is -1.90. The molecule has 7 heteroatoms. The highest BCUT2D eigenvalue weighted by atomic mass is 16.5. The van der Waals surface area contributed by atoms with Crippen LogP contribution in [0.25, 0.3) is 0 Å². The summed E-state index contributed by atoms with van der Waals surface area (Å²) in [6, 6.07) is 0. The van der Waals surface area contributed by atoms with Crippen LogP contribution in [-0.4, -0.2) is 62.3 Å². The van der Waals surface area contributed by atoms with Crippen LogP contribution >= 0.6 is 0 Å². The second kappa shape index (κ2) is 8.23. The molecule has 0 bridgehead atoms. The molecule has 2 aliphatic heterocycles. The Morgan fingerprint density at radius 2 is 1.73 bits per heavy atom. The lowest BCUT2D eigenvalue weighted by Crippen LogP contribution is -2.67. The van der Waals surface area contributed by atoms with Crippen LogP contribution in [0.1, 0.15) is 46.0 Å². The molecule has 0 aromatic heterocycles. The van der Waals surface area contributed by atoms with Crippen LogP contribution in [0.5, 0.6) is 0 Å². The molecule has 2 fully saturated rings. The van der Waals surface area contributed by atoms with E-state index in [-0.39, 0.29) is 17.8 Å². The van der Waals surface area contributed by atoms with Crippen LogP contribution in [0, 0.1) is 22.2 Å². The molecule has 2 rings (SSSR count). The van der Waals surface area contributed by atoms with E-state index >= 15 is 0 Å². The van der Waals surface area contributed by atoms with Crippen LogP contribution < -0.4 is 0 Å². The normalized spacial score (nSPS) is 24.0. The number of methoxy groups -OCH3 is 1. The standard InChI is InChI=1S/C19H32O7/c1-4-17(10-25-11-17)14(6-7-15(20)21)19(16(22)23,8-9-24-3)18(5-2)12-26-13-18/h14H,4-13H2,1-3H3,(H,20,21)(H,22,23). The summed E-state index contributed by atoms with van der Waals surface area (Å²) in [7, 11) is 1.57. The molecule has 0 aromatic carbocycles. The highest BCUT2D eigenvalue weighted by Gasteiger charge is 2.67. The topological polar surface area (TPSA) is 102 Å². The molecule has 0 aliphatic carbocycles. The number of hydrogen-bond acceptors (Lipinski definition) is 5. The highest BCUT2D eigenvalue weighted by molar-refractivity contribution is 5.77. The van der Waals surface area contributed by atoms with Gasteiger partial charge in [0.2, 0.25) is 0 Å². The lowest BCUT2D eigenvalue weighted by molar-refractivity contribution is -0.260. The van der Waals surface area contributed by atoms with Crippen LogP contribution in [0.3, 0.4) is 0 Å². The van der Waals surface area contributed by atoms with E-state index < -0.39 is 22.8 Å². The Hall–Kier alpha value is -1.18. The van der Waals surface area contributed by atoms with E-state index in [0.717, 1.165) is 6.42 Å². The molecular weight excluding hydrogens is 340 g/mol. The van der Waals surface area contributed by atoms with Gasteiger partial charge in [-0.1, -0.05) is 13.8 Å². The van der Waals surface area contributed by atoms with Gasteiger partial charge in [0.15, 0.2) is 0 Å². The molecule has 0 radical (unpaired) electrons. The van der Waals surface area contributed by atoms with E-state index in [1.165, 1.54) is 0 Å². The van der Waals surface area contributed by atoms with Gasteiger partial charge in [-0.05, 0) is 31.6 Å². The average molecular weight is 372 g/mol. The SMILES string of the molecule is CCC1(C(CCC(=O)O)C(CCOC)(C(=O)O)C2(CC)COC2)COC1. The molecule has 2 atom stereocenters. The van der Waals surface area contributed by atoms with E-state index in [1.807, 2.05) is 13.8 Å². The third kappa shape index (κ3) is 3.25. The molecular formula is C19H32O7. The smallest absolute Gasteiger partial charge is 0.310 e. The zero-order valence-corrected chi connectivity index (χ0v) is 16.1. The predicted molar refractivity (Wildman–Crippen MR) is 94.0 cm³/mol. The van der Waals surface area contributed by atoms with Crippen molar-refractivity contribution in [2.45, 2.75) is 46.0 Å². The van der Waals surface area contributed by atoms with Gasteiger partial charge in [-0.3, -0.25) is 9.59 Å². The first-order valence-corrected chi connectivity index (χ1v) is 9.44. The first kappa shape index (κ1) is 21.1. The largest absolute Gasteiger partial charge is 0.481 e. The number of carboxylic acid groups (broad SMARTS) is 2. The molecule has 0 amide bonds. The van der Waals surface area contributed by atoms with Crippen molar-refractivity contribution < 1.29 is 34.0 Å². The van der Waals surface area contributed by atoms with Crippen LogP contribution in [0.15, 0.2) is 0 Å². The summed E-state index contributed by atoms with van der Waals surface area (Å²) in [5.74, 6) is -2.07. The number of ether oxygens (including phenoxy) is 3. The van der Waals surface area contributed by atoms with E-state index in [4.69, 9.17) is 14.2 Å². The lowest BCUT2D eigenvalue weighted by Gasteiger charge is -2.61. The first-order valence-electron chi connectivity index (χ1n) is 9.44. The maximum atomic E-state index is 12.8. The van der Waals surface area contributed by atoms with E-state index in [0.29, 0.717) is 52.3 Å². The van der Waals surface area contributed by atoms with Crippen molar-refractivity contribution in [3.63, 3.8) is 0 Å². The van der Waals surface area contributed by atoms with Crippen molar-refractivity contribution in [1.29, 1.82) is 0 Å². The molecule has 0 spiro atoms. The third-order valence-corrected chi connectivity index (χ3v) is 6.93. The molecule has 2 heterocycles. The Kier molecular flexibility index (Phi) is 6.69. The van der Waals surface area contributed by atoms with Gasteiger partial charge in [0.1, 0.15) is 0 Å². The van der Waals surface area contributed by atoms with Crippen molar-refractivity contribution in [2.24, 2.45) is 22.2 Å². The number of hydrogen-bond donors (Lipinski definition) is 2. The Balaban J connectivity index is 2.55. The van der Waals surface area contributed by atoms with Crippen molar-refractivity contribution >= 4 is 11.9 Å². The molecule has 2 unspecified atom stereocenters. The van der Waals surface area contributed by atoms with E-state index in [2.05, 4.69) is 0 Å². The monoisotopic (exact) mass is 372 g/mol. The van der Waals surface area contributed by atoms with Crippen molar-refractivity contribution in [1.82, 2.24) is 0 Å². The zero-order chi connectivity index (χ0) is 19.4. The van der Waals surface area contributed by atoms with E-state index in [1.54, 1.807) is 7.11 Å². The maximum absolute atomic E-state index is 12.8. The van der Waals surface area contributed by atoms with Gasteiger partial charge in [-0.2, -0.15) is 0 Å². The fraction of sp³-hybridized carbons (Fsp3) is 0.895. The van der Waals surface area contributed by atoms with Gasteiger partial charge in [-0.25, -0.2) is 0 Å². The quantitative estimate of drug-likeness (QED) is 0.542. The molecule has 26 heavy (non-hydrogen) atoms. The number of aliphatic carboxylic acids is 2. The van der Waals surface area contributed by atoms with Crippen LogP contribution in [-0.2, 0) is 23.8 Å². The summed E-state index contributed by atoms with van der Waals surface area (Å²) in [5, 5.41) is 19.8. The average Bonchev–Trinajstić information content (AvgIpc) is 2.52. The Labute approximate surface area is 155 Å². The minimum Gasteiger partial charge on any atom is -0.481 e. The van der Waals surface area contributed by atoms with Gasteiger partial charge in [-0.15, -0.1) is 0 Å². The molecule has 2 aliphatic rings. The summed E-state index contributed by atoms with van der Waals surface area (Å²) >= 11 is 0. The predicted octanol–water partition coefficient (Wildman–Crippen LogP) is 2.43. The molecule has 2 saturated heterocycles. The number of carbonyl (C=O) groups is 2. The summed E-state index contributed by atoms with van der Waals surface area (Å²) in [4.78, 5) is 24.1. The molecule has 7 nitrogen and oxygen atoms in total. The van der Waals surface area contributed by atoms with Gasteiger partial charge in [0, 0.05) is 31.0 Å². The highest BCUT2D eigenvalue weighted by Crippen LogP contribution is 2.62. The number of carboxylic acids is 2. The summed E-state index contributed by atoms with van der Waals surface area (Å²) < 4.78 is 16.3. The van der Waals surface area contributed by atoms with Gasteiger partial charge >= 0.3 is 11.9 Å². The Bertz CT molecular complexity index is 499. The molecule has 0 saturated carbocycles. The maximum Gasteiger partial charge on any atom is 0.310 e. The zero-order valence-electron chi connectivity index (χ0n) is 16.1. The second-order valence-corrected chi connectivity index (χ2v) is 7.84. The molecule has 150 valence electrons. The molecule has 0 aromatic rings. The van der Waals surface area contributed by atoms with Crippen molar-refractivity contribution in [3.8, 4) is 0 Å². The third-order valence-electron chi connectivity index (χ3n) is 6.93. The van der Waals surface area contributed by atoms with Gasteiger partial charge < -0.3 is 24.4 Å². The van der Waals surface area contributed by atoms with Crippen LogP contribution in [0.4, 0.5) is 0 Å². The minimum atomic E-state index is -1.09. The minimum absolute atomic E-state index is 0.0465. The van der Waals surface area contributed by atoms with E-state index in [9.17, 15) is 19.8 Å². The first-order chi connectivity index (χ1) is 12.3. The van der Waals surface area contributed by atoms with Crippen LogP contribution in [0.2, 0.25) is 0 Å². The van der Waals surface area contributed by atoms with Gasteiger partial charge in [0.25, 0.3) is 0 Å². The number of rotatable bonds is 12. The second-order valence-electron chi connectivity index (χ2n) is 7.84. The fourth-order valence-corrected chi connectivity index (χ4v) is 5.04. The van der Waals surface area contributed by atoms with Crippen molar-refractivity contribution in [3.05, 3.63) is 0 Å². The summed E-state index contributed by atoms with van der Waals surface area (Å²) in [6.07, 6.45) is 2.06. The lowest BCUT2D eigenvalue weighted by atomic mass is 9.46. The summed E-state index contributed by atoms with van der Waals surface area (Å²) in [6.45, 7) is 6.10. The molecule has 2 N–H and O–H groups in total. The Morgan fingerprint density at radius 1 is 1.12 bits per heavy atom.